The predicted octanol–water partition coefficient (Wildman–Crippen LogP) is 3.02. The molecule has 0 spiro atoms. The Morgan fingerprint density at radius 3 is 2.70 bits per heavy atom. The zero-order valence-electron chi connectivity index (χ0n) is 17.8. The van der Waals surface area contributed by atoms with Crippen LogP contribution < -0.4 is 20.4 Å². The molecule has 164 valence electrons. The largest absolute Gasteiger partial charge is 0.357 e. The van der Waals surface area contributed by atoms with Crippen LogP contribution in [0.25, 0.3) is 0 Å². The second kappa shape index (κ2) is 11.9. The van der Waals surface area contributed by atoms with E-state index in [0.29, 0.717) is 18.9 Å². The number of halogens is 2. The third kappa shape index (κ3) is 6.16. The molecule has 2 aromatic rings. The van der Waals surface area contributed by atoms with Crippen molar-refractivity contribution in [1.29, 1.82) is 0 Å². The van der Waals surface area contributed by atoms with Gasteiger partial charge in [-0.05, 0) is 44.0 Å². The van der Waals surface area contributed by atoms with Gasteiger partial charge < -0.3 is 20.4 Å². The van der Waals surface area contributed by atoms with Crippen molar-refractivity contribution in [2.45, 2.75) is 32.9 Å². The summed E-state index contributed by atoms with van der Waals surface area (Å²) in [5.41, 5.74) is 1.09. The van der Waals surface area contributed by atoms with Crippen molar-refractivity contribution in [3.8, 4) is 0 Å². The van der Waals surface area contributed by atoms with Crippen molar-refractivity contribution in [3.63, 3.8) is 0 Å². The summed E-state index contributed by atoms with van der Waals surface area (Å²) in [4.78, 5) is 17.2. The van der Waals surface area contributed by atoms with Crippen molar-refractivity contribution in [1.82, 2.24) is 20.6 Å². The topological polar surface area (TPSA) is 68.7 Å². The van der Waals surface area contributed by atoms with Gasteiger partial charge in [0.1, 0.15) is 5.82 Å². The molecule has 7 nitrogen and oxygen atoms in total. The van der Waals surface area contributed by atoms with Gasteiger partial charge in [0.2, 0.25) is 0 Å². The van der Waals surface area contributed by atoms with E-state index in [1.165, 1.54) is 6.07 Å². The van der Waals surface area contributed by atoms with Crippen LogP contribution in [0.2, 0.25) is 0 Å². The molecule has 1 fully saturated rings. The van der Waals surface area contributed by atoms with Gasteiger partial charge in [0.15, 0.2) is 17.6 Å². The van der Waals surface area contributed by atoms with Crippen molar-refractivity contribution >= 4 is 41.6 Å². The highest BCUT2D eigenvalue weighted by Crippen LogP contribution is 2.20. The number of anilines is 2. The zero-order valence-corrected chi connectivity index (χ0v) is 20.1. The summed E-state index contributed by atoms with van der Waals surface area (Å²) in [5.74, 6) is 1.86. The molecule has 1 aliphatic heterocycles. The lowest BCUT2D eigenvalue weighted by atomic mass is 10.2. The minimum Gasteiger partial charge on any atom is -0.357 e. The van der Waals surface area contributed by atoms with Gasteiger partial charge in [0, 0.05) is 58.2 Å². The molecule has 1 aliphatic rings. The minimum absolute atomic E-state index is 0. The molecule has 3 rings (SSSR count). The number of hydrogen-bond donors (Lipinski definition) is 2. The van der Waals surface area contributed by atoms with Gasteiger partial charge in [-0.1, -0.05) is 6.07 Å². The molecule has 0 aromatic carbocycles. The van der Waals surface area contributed by atoms with Crippen LogP contribution in [0.5, 0.6) is 0 Å². The standard InChI is InChI=1S/C21H30FN7.HI/c1-4-28(5-2)19-9-8-16(13-25-19)14-26-21(23-3)27-17-10-12-29(15-17)20-18(22)7-6-11-24-20;/h6-9,11,13,17H,4-5,10,12,14-15H2,1-3H3,(H2,23,26,27);1H. The Labute approximate surface area is 195 Å². The second-order valence-corrected chi connectivity index (χ2v) is 7.01. The lowest BCUT2D eigenvalue weighted by molar-refractivity contribution is 0.612. The molecule has 0 radical (unpaired) electrons. The first-order chi connectivity index (χ1) is 14.1. The molecule has 3 heterocycles. The number of hydrogen-bond acceptors (Lipinski definition) is 5. The van der Waals surface area contributed by atoms with E-state index in [1.54, 1.807) is 19.3 Å². The van der Waals surface area contributed by atoms with Gasteiger partial charge >= 0.3 is 0 Å². The van der Waals surface area contributed by atoms with Crippen LogP contribution in [-0.2, 0) is 6.54 Å². The third-order valence-electron chi connectivity index (χ3n) is 5.15. The van der Waals surface area contributed by atoms with E-state index in [2.05, 4.69) is 56.5 Å². The van der Waals surface area contributed by atoms with Crippen LogP contribution in [0.4, 0.5) is 16.0 Å². The summed E-state index contributed by atoms with van der Waals surface area (Å²) < 4.78 is 14.0. The number of aromatic nitrogens is 2. The highest BCUT2D eigenvalue weighted by Gasteiger charge is 2.25. The number of nitrogens with one attached hydrogen (secondary N) is 2. The van der Waals surface area contributed by atoms with E-state index in [9.17, 15) is 4.39 Å². The van der Waals surface area contributed by atoms with Crippen LogP contribution in [0.15, 0.2) is 41.7 Å². The van der Waals surface area contributed by atoms with Gasteiger partial charge in [-0.15, -0.1) is 24.0 Å². The predicted molar refractivity (Wildman–Crippen MR) is 131 cm³/mol. The summed E-state index contributed by atoms with van der Waals surface area (Å²) >= 11 is 0. The van der Waals surface area contributed by atoms with Gasteiger partial charge in [-0.3, -0.25) is 4.99 Å². The Balaban J connectivity index is 0.00000320. The highest BCUT2D eigenvalue weighted by molar-refractivity contribution is 14.0. The smallest absolute Gasteiger partial charge is 0.191 e. The van der Waals surface area contributed by atoms with E-state index >= 15 is 0 Å². The average molecular weight is 527 g/mol. The number of rotatable bonds is 7. The molecule has 0 amide bonds. The number of nitrogens with zero attached hydrogens (tertiary/aromatic N) is 5. The Kier molecular flexibility index (Phi) is 9.54. The van der Waals surface area contributed by atoms with Gasteiger partial charge in [-0.2, -0.15) is 0 Å². The van der Waals surface area contributed by atoms with Gasteiger partial charge in [-0.25, -0.2) is 14.4 Å². The number of guanidine groups is 1. The van der Waals surface area contributed by atoms with Crippen LogP contribution in [0, 0.1) is 5.82 Å². The summed E-state index contributed by atoms with van der Waals surface area (Å²) in [6.07, 6.45) is 4.42. The van der Waals surface area contributed by atoms with Crippen LogP contribution in [0.3, 0.4) is 0 Å². The van der Waals surface area contributed by atoms with Crippen LogP contribution in [-0.4, -0.2) is 55.2 Å². The molecule has 0 aliphatic carbocycles. The zero-order chi connectivity index (χ0) is 20.6. The molecule has 0 saturated carbocycles. The lowest BCUT2D eigenvalue weighted by Gasteiger charge is -2.20. The quantitative estimate of drug-likeness (QED) is 0.328. The van der Waals surface area contributed by atoms with E-state index in [-0.39, 0.29) is 35.8 Å². The van der Waals surface area contributed by atoms with Crippen molar-refractivity contribution < 1.29 is 4.39 Å². The molecule has 1 atom stereocenters. The molecule has 2 N–H and O–H groups in total. The fourth-order valence-corrected chi connectivity index (χ4v) is 3.51. The number of aliphatic imine (C=N–C) groups is 1. The fraction of sp³-hybridized carbons (Fsp3) is 0.476. The molecule has 0 bridgehead atoms. The maximum atomic E-state index is 14.0. The Morgan fingerprint density at radius 1 is 1.27 bits per heavy atom. The Hall–Kier alpha value is -2.17. The third-order valence-corrected chi connectivity index (χ3v) is 5.15. The summed E-state index contributed by atoms with van der Waals surface area (Å²) in [5, 5.41) is 6.75. The Morgan fingerprint density at radius 2 is 2.07 bits per heavy atom. The van der Waals surface area contributed by atoms with Gasteiger partial charge in [0.05, 0.1) is 0 Å². The average Bonchev–Trinajstić information content (AvgIpc) is 3.21. The number of pyridine rings is 2. The van der Waals surface area contributed by atoms with Gasteiger partial charge in [0.25, 0.3) is 0 Å². The Bertz CT molecular complexity index is 811. The molecule has 30 heavy (non-hydrogen) atoms. The first-order valence-corrected chi connectivity index (χ1v) is 10.2. The lowest BCUT2D eigenvalue weighted by Crippen LogP contribution is -2.44. The van der Waals surface area contributed by atoms with Crippen LogP contribution in [0.1, 0.15) is 25.8 Å². The van der Waals surface area contributed by atoms with E-state index in [1.807, 2.05) is 11.1 Å². The molecular formula is C21H31FIN7. The molecule has 1 unspecified atom stereocenters. The van der Waals surface area contributed by atoms with E-state index in [0.717, 1.165) is 43.4 Å². The normalized spacial score (nSPS) is 16.2. The van der Waals surface area contributed by atoms with Crippen molar-refractivity contribution in [2.24, 2.45) is 4.99 Å². The van der Waals surface area contributed by atoms with Crippen molar-refractivity contribution in [2.75, 3.05) is 43.0 Å². The minimum atomic E-state index is -0.281. The van der Waals surface area contributed by atoms with E-state index < -0.39 is 0 Å². The first-order valence-electron chi connectivity index (χ1n) is 10.2. The molecule has 2 aromatic heterocycles. The summed E-state index contributed by atoms with van der Waals surface area (Å²) in [6.45, 7) is 8.23. The maximum absolute atomic E-state index is 14.0. The molecule has 1 saturated heterocycles. The monoisotopic (exact) mass is 527 g/mol. The van der Waals surface area contributed by atoms with Crippen LogP contribution >= 0.6 is 24.0 Å². The first kappa shape index (κ1) is 24.1. The van der Waals surface area contributed by atoms with Crippen molar-refractivity contribution in [3.05, 3.63) is 48.0 Å². The highest BCUT2D eigenvalue weighted by atomic mass is 127. The summed E-state index contributed by atoms with van der Waals surface area (Å²) in [6, 6.07) is 7.38. The van der Waals surface area contributed by atoms with E-state index in [4.69, 9.17) is 0 Å². The SMILES string of the molecule is CCN(CC)c1ccc(CNC(=NC)NC2CCN(c3ncccc3F)C2)cn1.I. The fourth-order valence-electron chi connectivity index (χ4n) is 3.51. The second-order valence-electron chi connectivity index (χ2n) is 7.01. The molecular weight excluding hydrogens is 496 g/mol. The summed E-state index contributed by atoms with van der Waals surface area (Å²) in [7, 11) is 1.75. The molecule has 9 heteroatoms. The maximum Gasteiger partial charge on any atom is 0.191 e.